The third kappa shape index (κ3) is 3.87. The number of nitrogens with zero attached hydrogens (tertiary/aromatic N) is 6. The molecule has 4 fully saturated rings. The fourth-order valence-electron chi connectivity index (χ4n) is 6.53. The molecule has 2 atom stereocenters. The Hall–Kier alpha value is -2.55. The Kier molecular flexibility index (Phi) is 5.54. The van der Waals surface area contributed by atoms with E-state index in [1.165, 1.54) is 12.8 Å². The summed E-state index contributed by atoms with van der Waals surface area (Å²) in [5.74, 6) is 3.12. The molecule has 6 heterocycles. The first-order valence-electron chi connectivity index (χ1n) is 12.2. The molecule has 2 aromatic rings. The zero-order valence-corrected chi connectivity index (χ0v) is 20.5. The van der Waals surface area contributed by atoms with Crippen molar-refractivity contribution in [3.05, 3.63) is 17.8 Å². The first-order chi connectivity index (χ1) is 16.5. The summed E-state index contributed by atoms with van der Waals surface area (Å²) in [6, 6.07) is 8.43. The summed E-state index contributed by atoms with van der Waals surface area (Å²) in [6.07, 6.45) is 8.45. The normalized spacial score (nSPS) is 29.9. The van der Waals surface area contributed by atoms with Crippen molar-refractivity contribution in [2.75, 3.05) is 34.9 Å². The summed E-state index contributed by atoms with van der Waals surface area (Å²) in [7, 11) is 0. The number of rotatable bonds is 9. The van der Waals surface area contributed by atoms with Crippen LogP contribution in [0, 0.1) is 18.3 Å². The van der Waals surface area contributed by atoms with E-state index < -0.39 is 0 Å². The molecule has 0 aliphatic carbocycles. The van der Waals surface area contributed by atoms with Crippen LogP contribution in [0.25, 0.3) is 0 Å². The maximum atomic E-state index is 9.00. The highest BCUT2D eigenvalue weighted by Gasteiger charge is 2.64. The van der Waals surface area contributed by atoms with Crippen molar-refractivity contribution >= 4 is 35.3 Å². The molecule has 0 bridgehead atoms. The maximum absolute atomic E-state index is 9.00. The first-order valence-corrected chi connectivity index (χ1v) is 13.4. The highest BCUT2D eigenvalue weighted by atomic mass is 32.2. The van der Waals surface area contributed by atoms with E-state index in [1.54, 1.807) is 11.9 Å². The van der Waals surface area contributed by atoms with Crippen LogP contribution in [-0.4, -0.2) is 74.1 Å². The van der Waals surface area contributed by atoms with E-state index in [9.17, 15) is 0 Å². The topological polar surface area (TPSA) is 121 Å². The Morgan fingerprint density at radius 2 is 1.97 bits per heavy atom. The average Bonchev–Trinajstić information content (AvgIpc) is 3.15. The van der Waals surface area contributed by atoms with Crippen LogP contribution < -0.4 is 20.3 Å². The number of piperidine rings is 2. The minimum absolute atomic E-state index is 0.337. The first kappa shape index (κ1) is 21.9. The van der Waals surface area contributed by atoms with Crippen LogP contribution in [-0.2, 0) is 0 Å². The van der Waals surface area contributed by atoms with Gasteiger partial charge in [-0.15, -0.1) is 0 Å². The molecular weight excluding hydrogens is 448 g/mol. The molecule has 2 unspecified atom stereocenters. The van der Waals surface area contributed by atoms with Crippen molar-refractivity contribution in [3.8, 4) is 6.07 Å². The second kappa shape index (κ2) is 8.59. The minimum atomic E-state index is 0.337. The Bertz CT molecular complexity index is 1070. The average molecular weight is 481 g/mol. The van der Waals surface area contributed by atoms with Crippen LogP contribution in [0.4, 0.5) is 23.4 Å². The number of hydrogen-bond acceptors (Lipinski definition) is 10. The lowest BCUT2D eigenvalue weighted by molar-refractivity contribution is -0.222. The molecule has 6 rings (SSSR count). The van der Waals surface area contributed by atoms with Crippen LogP contribution in [0.3, 0.4) is 0 Å². The van der Waals surface area contributed by atoms with E-state index in [2.05, 4.69) is 47.7 Å². The van der Waals surface area contributed by atoms with Gasteiger partial charge in [0.05, 0.1) is 12.1 Å². The predicted molar refractivity (Wildman–Crippen MR) is 134 cm³/mol. The monoisotopic (exact) mass is 480 g/mol. The quantitative estimate of drug-likeness (QED) is 0.399. The molecule has 4 aliphatic heterocycles. The van der Waals surface area contributed by atoms with Crippen molar-refractivity contribution in [3.63, 3.8) is 0 Å². The molecule has 4 aliphatic rings. The standard InChI is InChI=1S/C23H32N10S/c1-14-6-20(30-29-14)26-19-9-21(32-12-16(13-32)31-34-2)28-22(27-19)25-15-7-17-10-23(4-3-5-24)11-18(8-15)33(17)23/h6,9,15-18,31H,3-4,7-8,10-13H2,1-2H3,(H3,25,26,27,28,29,30). The lowest BCUT2D eigenvalue weighted by Gasteiger charge is -2.74. The number of anilines is 4. The van der Waals surface area contributed by atoms with Gasteiger partial charge in [0.25, 0.3) is 0 Å². The number of aromatic nitrogens is 4. The van der Waals surface area contributed by atoms with Gasteiger partial charge in [-0.25, -0.2) is 0 Å². The molecule has 4 saturated heterocycles. The van der Waals surface area contributed by atoms with Gasteiger partial charge < -0.3 is 15.5 Å². The zero-order chi connectivity index (χ0) is 23.3. The van der Waals surface area contributed by atoms with Gasteiger partial charge in [-0.2, -0.15) is 20.3 Å². The van der Waals surface area contributed by atoms with Crippen molar-refractivity contribution < 1.29 is 0 Å². The van der Waals surface area contributed by atoms with Crippen LogP contribution in [0.2, 0.25) is 0 Å². The van der Waals surface area contributed by atoms with E-state index in [1.807, 2.05) is 19.1 Å². The Morgan fingerprint density at radius 1 is 1.18 bits per heavy atom. The molecule has 0 aromatic carbocycles. The SMILES string of the molecule is CSNC1CN(c2cc(Nc3cc(C)[nH]n3)nc(NC3CC4CC5(CCC#N)CC(C3)N45)n2)C1. The van der Waals surface area contributed by atoms with Crippen LogP contribution in [0.15, 0.2) is 12.1 Å². The smallest absolute Gasteiger partial charge is 0.226 e. The van der Waals surface area contributed by atoms with Crippen molar-refractivity contribution in [1.82, 2.24) is 29.8 Å². The molecule has 11 heteroatoms. The highest BCUT2D eigenvalue weighted by Crippen LogP contribution is 2.58. The van der Waals surface area contributed by atoms with Gasteiger partial charge in [-0.3, -0.25) is 14.7 Å². The van der Waals surface area contributed by atoms with E-state index in [0.717, 1.165) is 55.5 Å². The summed E-state index contributed by atoms with van der Waals surface area (Å²) in [6.45, 7) is 3.86. The van der Waals surface area contributed by atoms with E-state index in [0.29, 0.717) is 42.1 Å². The Balaban J connectivity index is 1.16. The van der Waals surface area contributed by atoms with Gasteiger partial charge in [-0.05, 0) is 45.3 Å². The molecule has 0 radical (unpaired) electrons. The largest absolute Gasteiger partial charge is 0.353 e. The van der Waals surface area contributed by atoms with Gasteiger partial charge in [0.15, 0.2) is 5.82 Å². The second-order valence-corrected chi connectivity index (χ2v) is 10.9. The molecule has 180 valence electrons. The summed E-state index contributed by atoms with van der Waals surface area (Å²) >= 11 is 1.66. The third-order valence-corrected chi connectivity index (χ3v) is 8.45. The van der Waals surface area contributed by atoms with Gasteiger partial charge >= 0.3 is 0 Å². The zero-order valence-electron chi connectivity index (χ0n) is 19.7. The van der Waals surface area contributed by atoms with Crippen LogP contribution in [0.1, 0.15) is 44.2 Å². The fourth-order valence-corrected chi connectivity index (χ4v) is 7.01. The number of aromatic amines is 1. The van der Waals surface area contributed by atoms with E-state index in [-0.39, 0.29) is 0 Å². The van der Waals surface area contributed by atoms with Crippen molar-refractivity contribution in [2.45, 2.75) is 75.2 Å². The molecule has 0 saturated carbocycles. The lowest BCUT2D eigenvalue weighted by Crippen LogP contribution is -2.81. The second-order valence-electron chi connectivity index (χ2n) is 10.2. The Morgan fingerprint density at radius 3 is 2.65 bits per heavy atom. The van der Waals surface area contributed by atoms with Crippen LogP contribution in [0.5, 0.6) is 0 Å². The van der Waals surface area contributed by atoms with Gasteiger partial charge in [0.2, 0.25) is 5.95 Å². The molecule has 10 nitrogen and oxygen atoms in total. The molecular formula is C23H32N10S. The summed E-state index contributed by atoms with van der Waals surface area (Å²) in [4.78, 5) is 14.7. The molecule has 2 aromatic heterocycles. The fraction of sp³-hybridized carbons (Fsp3) is 0.652. The molecule has 0 amide bonds. The summed E-state index contributed by atoms with van der Waals surface area (Å²) < 4.78 is 3.42. The van der Waals surface area contributed by atoms with E-state index in [4.69, 9.17) is 15.2 Å². The maximum Gasteiger partial charge on any atom is 0.226 e. The third-order valence-electron chi connectivity index (χ3n) is 7.88. The van der Waals surface area contributed by atoms with Crippen LogP contribution >= 0.6 is 11.9 Å². The van der Waals surface area contributed by atoms with Crippen molar-refractivity contribution in [2.24, 2.45) is 0 Å². The molecule has 34 heavy (non-hydrogen) atoms. The van der Waals surface area contributed by atoms with Gasteiger partial charge in [0.1, 0.15) is 11.6 Å². The summed E-state index contributed by atoms with van der Waals surface area (Å²) in [5, 5.41) is 23.3. The summed E-state index contributed by atoms with van der Waals surface area (Å²) in [5.41, 5.74) is 1.34. The Labute approximate surface area is 204 Å². The number of aryl methyl sites for hydroxylation is 1. The minimum Gasteiger partial charge on any atom is -0.353 e. The predicted octanol–water partition coefficient (Wildman–Crippen LogP) is 2.77. The highest BCUT2D eigenvalue weighted by molar-refractivity contribution is 7.96. The van der Waals surface area contributed by atoms with E-state index >= 15 is 0 Å². The van der Waals surface area contributed by atoms with Gasteiger partial charge in [0, 0.05) is 61.0 Å². The molecule has 0 spiro atoms. The number of nitrogens with one attached hydrogen (secondary N) is 4. The van der Waals surface area contributed by atoms with Crippen molar-refractivity contribution in [1.29, 1.82) is 5.26 Å². The molecule has 4 N–H and O–H groups in total. The number of hydrogen-bond donors (Lipinski definition) is 4. The number of nitriles is 1. The lowest BCUT2D eigenvalue weighted by atomic mass is 9.57. The number of H-pyrrole nitrogens is 1. The van der Waals surface area contributed by atoms with Gasteiger partial charge in [-0.1, -0.05) is 11.9 Å².